The van der Waals surface area contributed by atoms with E-state index in [2.05, 4.69) is 6.58 Å². The Labute approximate surface area is 254 Å². The average Bonchev–Trinajstić information content (AvgIpc) is 2.85. The second-order valence-electron chi connectivity index (χ2n) is 13.3. The number of carbonyl (C=O) groups is 5. The van der Waals surface area contributed by atoms with Gasteiger partial charge < -0.3 is 23.7 Å². The van der Waals surface area contributed by atoms with E-state index in [1.807, 2.05) is 34.6 Å². The molecule has 10 nitrogen and oxygen atoms in total. The number of hydrogen-bond donors (Lipinski definition) is 0. The molecule has 43 heavy (non-hydrogen) atoms. The number of esters is 5. The van der Waals surface area contributed by atoms with Gasteiger partial charge in [-0.3, -0.25) is 24.0 Å². The molecule has 240 valence electrons. The molecule has 2 saturated carbocycles. The third-order valence-electron chi connectivity index (χ3n) is 9.73. The molecule has 0 aromatic rings. The van der Waals surface area contributed by atoms with Gasteiger partial charge in [0, 0.05) is 51.4 Å². The summed E-state index contributed by atoms with van der Waals surface area (Å²) in [6.07, 6.45) is -2.67. The first-order chi connectivity index (χ1) is 19.9. The van der Waals surface area contributed by atoms with E-state index in [-0.39, 0.29) is 18.3 Å². The van der Waals surface area contributed by atoms with Crippen LogP contribution in [0.4, 0.5) is 0 Å². The predicted molar refractivity (Wildman–Crippen MR) is 156 cm³/mol. The Bertz CT molecular complexity index is 1200. The van der Waals surface area contributed by atoms with Crippen LogP contribution in [0.25, 0.3) is 0 Å². The van der Waals surface area contributed by atoms with Crippen LogP contribution in [0, 0.1) is 28.6 Å². The topological polar surface area (TPSA) is 132 Å². The van der Waals surface area contributed by atoms with Gasteiger partial charge in [0.2, 0.25) is 0 Å². The minimum absolute atomic E-state index is 0.289. The first-order valence-corrected chi connectivity index (χ1v) is 15.1. The highest BCUT2D eigenvalue weighted by Gasteiger charge is 2.65. The smallest absolute Gasteiger partial charge is 0.308 e. The van der Waals surface area contributed by atoms with Crippen LogP contribution in [0.15, 0.2) is 23.3 Å². The number of ether oxygens (including phenoxy) is 5. The van der Waals surface area contributed by atoms with Gasteiger partial charge >= 0.3 is 29.8 Å². The van der Waals surface area contributed by atoms with Crippen LogP contribution in [0.3, 0.4) is 0 Å². The Morgan fingerprint density at radius 2 is 1.44 bits per heavy atom. The van der Waals surface area contributed by atoms with Crippen molar-refractivity contribution in [2.24, 2.45) is 28.6 Å². The lowest BCUT2D eigenvalue weighted by Gasteiger charge is -2.60. The molecule has 3 aliphatic rings. The van der Waals surface area contributed by atoms with Crippen molar-refractivity contribution < 1.29 is 47.7 Å². The van der Waals surface area contributed by atoms with E-state index in [4.69, 9.17) is 23.7 Å². The second-order valence-corrected chi connectivity index (χ2v) is 13.3. The summed E-state index contributed by atoms with van der Waals surface area (Å²) in [5.41, 5.74) is 0.174. The van der Waals surface area contributed by atoms with E-state index in [9.17, 15) is 24.0 Å². The van der Waals surface area contributed by atoms with Crippen molar-refractivity contribution in [3.63, 3.8) is 0 Å². The summed E-state index contributed by atoms with van der Waals surface area (Å²) in [7, 11) is 0. The molecule has 0 spiro atoms. The van der Waals surface area contributed by atoms with Crippen molar-refractivity contribution in [1.29, 1.82) is 0 Å². The van der Waals surface area contributed by atoms with E-state index >= 15 is 0 Å². The molecule has 10 heteroatoms. The zero-order valence-corrected chi connectivity index (χ0v) is 27.2. The molecule has 0 amide bonds. The van der Waals surface area contributed by atoms with Crippen LogP contribution in [0.2, 0.25) is 0 Å². The molecule has 0 N–H and O–H groups in total. The maximum absolute atomic E-state index is 13.2. The van der Waals surface area contributed by atoms with Gasteiger partial charge in [0.15, 0.2) is 6.10 Å². The summed E-state index contributed by atoms with van der Waals surface area (Å²) in [5, 5.41) is 0. The number of rotatable bonds is 7. The van der Waals surface area contributed by atoms with E-state index in [1.165, 1.54) is 27.7 Å². The fourth-order valence-corrected chi connectivity index (χ4v) is 7.87. The monoisotopic (exact) mass is 604 g/mol. The number of carbonyl (C=O) groups excluding carboxylic acids is 5. The lowest BCUT2D eigenvalue weighted by molar-refractivity contribution is -0.212. The minimum Gasteiger partial charge on any atom is -0.461 e. The van der Waals surface area contributed by atoms with Crippen LogP contribution in [0.1, 0.15) is 94.9 Å². The number of hydrogen-bond acceptors (Lipinski definition) is 10. The Balaban J connectivity index is 2.42. The van der Waals surface area contributed by atoms with Gasteiger partial charge in [0.05, 0.1) is 5.92 Å². The van der Waals surface area contributed by atoms with Crippen molar-refractivity contribution in [1.82, 2.24) is 0 Å². The number of fused-ring (bicyclic) bond motifs is 3. The summed E-state index contributed by atoms with van der Waals surface area (Å²) in [6.45, 7) is 21.0. The van der Waals surface area contributed by atoms with Crippen LogP contribution in [0.5, 0.6) is 0 Å². The lowest BCUT2D eigenvalue weighted by Crippen LogP contribution is -2.65. The molecular formula is C33H48O10. The van der Waals surface area contributed by atoms with Crippen LogP contribution >= 0.6 is 0 Å². The molecule has 3 rings (SSSR count). The quantitative estimate of drug-likeness (QED) is 0.222. The third-order valence-corrected chi connectivity index (χ3v) is 9.73. The standard InChI is InChI=1S/C33H48O10/c1-12-16(2)31(38)43-24-15-17(3)25-29(41-21(7)36)30(42-22(8)37)33(11)14-13-23(39-19(5)34)18(4)26(33)28(40-20(6)35)27(24)32(25,9)10/h16,23-24,26-30H,4,12-15H2,1-3,5-11H3/t16?,23-,24-,26-,27-,28-,29+,30-,33+/m0/s1. The van der Waals surface area contributed by atoms with Gasteiger partial charge in [0.25, 0.3) is 0 Å². The van der Waals surface area contributed by atoms with Crippen molar-refractivity contribution in [3.05, 3.63) is 23.3 Å². The maximum atomic E-state index is 13.2. The molecule has 0 aromatic heterocycles. The highest BCUT2D eigenvalue weighted by molar-refractivity contribution is 5.72. The van der Waals surface area contributed by atoms with Crippen molar-refractivity contribution in [2.45, 2.75) is 125 Å². The van der Waals surface area contributed by atoms with Gasteiger partial charge in [-0.1, -0.05) is 46.8 Å². The van der Waals surface area contributed by atoms with Crippen molar-refractivity contribution >= 4 is 29.8 Å². The molecule has 2 bridgehead atoms. The van der Waals surface area contributed by atoms with Crippen LogP contribution in [-0.4, -0.2) is 60.4 Å². The highest BCUT2D eigenvalue weighted by Crippen LogP contribution is 2.61. The van der Waals surface area contributed by atoms with Crippen molar-refractivity contribution in [3.8, 4) is 0 Å². The molecular weight excluding hydrogens is 556 g/mol. The molecule has 0 heterocycles. The van der Waals surface area contributed by atoms with Gasteiger partial charge in [0.1, 0.15) is 24.4 Å². The van der Waals surface area contributed by atoms with Gasteiger partial charge in [-0.25, -0.2) is 0 Å². The van der Waals surface area contributed by atoms with Gasteiger partial charge in [-0.2, -0.15) is 0 Å². The fraction of sp³-hybridized carbons (Fsp3) is 0.727. The summed E-state index contributed by atoms with van der Waals surface area (Å²) < 4.78 is 30.2. The molecule has 0 aliphatic heterocycles. The van der Waals surface area contributed by atoms with Crippen molar-refractivity contribution in [2.75, 3.05) is 0 Å². The molecule has 0 aromatic carbocycles. The fourth-order valence-electron chi connectivity index (χ4n) is 7.87. The molecule has 3 aliphatic carbocycles. The summed E-state index contributed by atoms with van der Waals surface area (Å²) in [6, 6.07) is 0. The Hall–Kier alpha value is -3.17. The normalized spacial score (nSPS) is 34.0. The second kappa shape index (κ2) is 12.8. The van der Waals surface area contributed by atoms with E-state index in [1.54, 1.807) is 6.92 Å². The van der Waals surface area contributed by atoms with Crippen LogP contribution < -0.4 is 0 Å². The van der Waals surface area contributed by atoms with Gasteiger partial charge in [-0.15, -0.1) is 0 Å². The largest absolute Gasteiger partial charge is 0.461 e. The Morgan fingerprint density at radius 1 is 0.884 bits per heavy atom. The van der Waals surface area contributed by atoms with Gasteiger partial charge in [-0.05, 0) is 42.7 Å². The summed E-state index contributed by atoms with van der Waals surface area (Å²) >= 11 is 0. The molecule has 0 radical (unpaired) electrons. The predicted octanol–water partition coefficient (Wildman–Crippen LogP) is 5.02. The first kappa shape index (κ1) is 34.3. The molecule has 0 saturated heterocycles. The minimum atomic E-state index is -0.997. The summed E-state index contributed by atoms with van der Waals surface area (Å²) in [5.74, 6) is -4.21. The SMILES string of the molecule is C=C1[C@@H](OC(C)=O)CC[C@@]2(C)[C@@H](OC(C)=O)[C@H](OC(C)=O)C3=C(C)C[C@H](OC(=O)C(C)CC)[C@@H]([C@@H](OC(C)=O)[C@H]12)C3(C)C. The lowest BCUT2D eigenvalue weighted by atomic mass is 9.49. The van der Waals surface area contributed by atoms with Crippen LogP contribution in [-0.2, 0) is 47.7 Å². The van der Waals surface area contributed by atoms with E-state index in [0.29, 0.717) is 24.8 Å². The maximum Gasteiger partial charge on any atom is 0.308 e. The third kappa shape index (κ3) is 6.68. The van der Waals surface area contributed by atoms with E-state index in [0.717, 1.165) is 11.1 Å². The zero-order valence-electron chi connectivity index (χ0n) is 27.2. The molecule has 1 unspecified atom stereocenters. The Kier molecular flexibility index (Phi) is 10.2. The molecule has 9 atom stereocenters. The highest BCUT2D eigenvalue weighted by atomic mass is 16.6. The van der Waals surface area contributed by atoms with E-state index < -0.39 is 77.1 Å². The first-order valence-electron chi connectivity index (χ1n) is 15.1. The molecule has 2 fully saturated rings. The average molecular weight is 605 g/mol. The summed E-state index contributed by atoms with van der Waals surface area (Å²) in [4.78, 5) is 63.5. The zero-order chi connectivity index (χ0) is 32.6. The Morgan fingerprint density at radius 3 is 1.95 bits per heavy atom.